The van der Waals surface area contributed by atoms with Gasteiger partial charge in [0.1, 0.15) is 17.2 Å². The van der Waals surface area contributed by atoms with Gasteiger partial charge in [0.25, 0.3) is 11.2 Å². The fourth-order valence-corrected chi connectivity index (χ4v) is 3.35. The molecule has 0 aliphatic rings. The lowest BCUT2D eigenvalue weighted by Crippen LogP contribution is -2.29. The van der Waals surface area contributed by atoms with Gasteiger partial charge in [0.05, 0.1) is 10.3 Å². The standard InChI is InChI=1S/C16H14N4O4S/c1-9-7-13-15(25-9)17-10(2)19(16(13)22)8-14(21)18-11-3-5-12(6-4-11)20(23)24/h3-7H,8H2,1-2H3,(H,18,21). The Balaban J connectivity index is 1.82. The van der Waals surface area contributed by atoms with Gasteiger partial charge in [0.2, 0.25) is 5.91 Å². The molecule has 0 bridgehead atoms. The van der Waals surface area contributed by atoms with Crippen LogP contribution in [0.25, 0.3) is 10.2 Å². The molecule has 1 N–H and O–H groups in total. The fraction of sp³-hybridized carbons (Fsp3) is 0.188. The number of nitro groups is 1. The predicted octanol–water partition coefficient (Wildman–Crippen LogP) is 2.62. The highest BCUT2D eigenvalue weighted by Crippen LogP contribution is 2.20. The highest BCUT2D eigenvalue weighted by molar-refractivity contribution is 7.18. The summed E-state index contributed by atoms with van der Waals surface area (Å²) < 4.78 is 1.31. The van der Waals surface area contributed by atoms with E-state index in [2.05, 4.69) is 10.3 Å². The number of fused-ring (bicyclic) bond motifs is 1. The number of rotatable bonds is 4. The molecule has 0 unspecified atom stereocenters. The summed E-state index contributed by atoms with van der Waals surface area (Å²) in [5.41, 5.74) is 0.0972. The topological polar surface area (TPSA) is 107 Å². The number of benzene rings is 1. The number of anilines is 1. The van der Waals surface area contributed by atoms with Crippen LogP contribution in [0.5, 0.6) is 0 Å². The Labute approximate surface area is 145 Å². The van der Waals surface area contributed by atoms with Gasteiger partial charge < -0.3 is 5.32 Å². The zero-order valence-corrected chi connectivity index (χ0v) is 14.3. The van der Waals surface area contributed by atoms with Crippen LogP contribution in [-0.4, -0.2) is 20.4 Å². The summed E-state index contributed by atoms with van der Waals surface area (Å²) >= 11 is 1.43. The van der Waals surface area contributed by atoms with E-state index in [4.69, 9.17) is 0 Å². The highest BCUT2D eigenvalue weighted by Gasteiger charge is 2.14. The maximum atomic E-state index is 12.5. The van der Waals surface area contributed by atoms with Crippen LogP contribution in [0.4, 0.5) is 11.4 Å². The number of aryl methyl sites for hydroxylation is 2. The maximum absolute atomic E-state index is 12.5. The second kappa shape index (κ2) is 6.44. The Bertz CT molecular complexity index is 1040. The molecule has 0 atom stereocenters. The van der Waals surface area contributed by atoms with Crippen LogP contribution < -0.4 is 10.9 Å². The molecule has 128 valence electrons. The molecular formula is C16H14N4O4S. The van der Waals surface area contributed by atoms with Crippen molar-refractivity contribution in [2.24, 2.45) is 0 Å². The second-order valence-corrected chi connectivity index (χ2v) is 6.71. The molecule has 0 aliphatic carbocycles. The highest BCUT2D eigenvalue weighted by atomic mass is 32.1. The quantitative estimate of drug-likeness (QED) is 0.570. The number of thiophene rings is 1. The van der Waals surface area contributed by atoms with Gasteiger partial charge in [-0.25, -0.2) is 4.98 Å². The minimum atomic E-state index is -0.516. The number of non-ortho nitro benzene ring substituents is 1. The van der Waals surface area contributed by atoms with Gasteiger partial charge in [-0.05, 0) is 32.0 Å². The third-order valence-corrected chi connectivity index (χ3v) is 4.57. The zero-order chi connectivity index (χ0) is 18.1. The van der Waals surface area contributed by atoms with Crippen LogP contribution in [0.3, 0.4) is 0 Å². The Kier molecular flexibility index (Phi) is 4.32. The van der Waals surface area contributed by atoms with E-state index in [1.54, 1.807) is 13.0 Å². The van der Waals surface area contributed by atoms with Crippen molar-refractivity contribution in [2.45, 2.75) is 20.4 Å². The number of aromatic nitrogens is 2. The Hall–Kier alpha value is -3.07. The van der Waals surface area contributed by atoms with Gasteiger partial charge in [0.15, 0.2) is 0 Å². The molecule has 25 heavy (non-hydrogen) atoms. The average molecular weight is 358 g/mol. The molecule has 3 rings (SSSR count). The van der Waals surface area contributed by atoms with Crippen LogP contribution in [0.15, 0.2) is 35.1 Å². The smallest absolute Gasteiger partial charge is 0.269 e. The molecule has 2 aromatic heterocycles. The summed E-state index contributed by atoms with van der Waals surface area (Å²) in [4.78, 5) is 40.9. The van der Waals surface area contributed by atoms with E-state index in [9.17, 15) is 19.7 Å². The normalized spacial score (nSPS) is 10.8. The van der Waals surface area contributed by atoms with Crippen LogP contribution in [0, 0.1) is 24.0 Å². The third kappa shape index (κ3) is 3.41. The first kappa shape index (κ1) is 16.8. The van der Waals surface area contributed by atoms with Crippen LogP contribution in [0.1, 0.15) is 10.7 Å². The average Bonchev–Trinajstić information content (AvgIpc) is 2.92. The van der Waals surface area contributed by atoms with E-state index >= 15 is 0 Å². The van der Waals surface area contributed by atoms with Crippen molar-refractivity contribution in [2.75, 3.05) is 5.32 Å². The van der Waals surface area contributed by atoms with Crippen LogP contribution in [0.2, 0.25) is 0 Å². The number of nitrogens with one attached hydrogen (secondary N) is 1. The molecule has 1 aromatic carbocycles. The van der Waals surface area contributed by atoms with E-state index in [0.717, 1.165) is 4.88 Å². The zero-order valence-electron chi connectivity index (χ0n) is 13.5. The van der Waals surface area contributed by atoms with Gasteiger partial charge in [0, 0.05) is 22.7 Å². The molecule has 2 heterocycles. The summed E-state index contributed by atoms with van der Waals surface area (Å²) in [5.74, 6) is 0.0466. The van der Waals surface area contributed by atoms with Gasteiger partial charge in [-0.3, -0.25) is 24.3 Å². The molecule has 0 saturated heterocycles. The molecular weight excluding hydrogens is 344 g/mol. The molecule has 8 nitrogen and oxygen atoms in total. The van der Waals surface area contributed by atoms with Crippen molar-refractivity contribution >= 4 is 38.8 Å². The lowest BCUT2D eigenvalue weighted by Gasteiger charge is -2.10. The van der Waals surface area contributed by atoms with Crippen molar-refractivity contribution in [3.05, 3.63) is 61.5 Å². The summed E-state index contributed by atoms with van der Waals surface area (Å²) in [6.07, 6.45) is 0. The minimum Gasteiger partial charge on any atom is -0.325 e. The van der Waals surface area contributed by atoms with E-state index in [0.29, 0.717) is 21.7 Å². The SMILES string of the molecule is Cc1cc2c(=O)n(CC(=O)Nc3ccc([N+](=O)[O-])cc3)c(C)nc2s1. The lowest BCUT2D eigenvalue weighted by atomic mass is 10.3. The van der Waals surface area contributed by atoms with Crippen molar-refractivity contribution < 1.29 is 9.72 Å². The summed E-state index contributed by atoms with van der Waals surface area (Å²) in [5, 5.41) is 13.7. The second-order valence-electron chi connectivity index (χ2n) is 5.48. The van der Waals surface area contributed by atoms with Crippen molar-refractivity contribution in [1.29, 1.82) is 0 Å². The van der Waals surface area contributed by atoms with Gasteiger partial charge in [-0.1, -0.05) is 0 Å². The molecule has 0 saturated carbocycles. The predicted molar refractivity (Wildman–Crippen MR) is 95.1 cm³/mol. The van der Waals surface area contributed by atoms with Gasteiger partial charge >= 0.3 is 0 Å². The maximum Gasteiger partial charge on any atom is 0.269 e. The lowest BCUT2D eigenvalue weighted by molar-refractivity contribution is -0.384. The molecule has 0 radical (unpaired) electrons. The number of hydrogen-bond donors (Lipinski definition) is 1. The minimum absolute atomic E-state index is 0.0625. The Morgan fingerprint density at radius 1 is 1.32 bits per heavy atom. The van der Waals surface area contributed by atoms with Crippen molar-refractivity contribution in [3.8, 4) is 0 Å². The third-order valence-electron chi connectivity index (χ3n) is 3.63. The number of nitro benzene ring substituents is 1. The van der Waals surface area contributed by atoms with Gasteiger partial charge in [-0.2, -0.15) is 0 Å². The first-order chi connectivity index (χ1) is 11.8. The Morgan fingerprint density at radius 2 is 2.00 bits per heavy atom. The molecule has 0 spiro atoms. The van der Waals surface area contributed by atoms with Crippen molar-refractivity contribution in [1.82, 2.24) is 9.55 Å². The number of hydrogen-bond acceptors (Lipinski definition) is 6. The largest absolute Gasteiger partial charge is 0.325 e. The first-order valence-corrected chi connectivity index (χ1v) is 8.18. The molecule has 0 fully saturated rings. The number of carbonyl (C=O) groups excluding carboxylic acids is 1. The van der Waals surface area contributed by atoms with E-state index in [1.807, 2.05) is 6.92 Å². The van der Waals surface area contributed by atoms with Crippen LogP contribution in [-0.2, 0) is 11.3 Å². The fourth-order valence-electron chi connectivity index (χ4n) is 2.43. The van der Waals surface area contributed by atoms with E-state index < -0.39 is 10.8 Å². The molecule has 9 heteroatoms. The molecule has 3 aromatic rings. The number of carbonyl (C=O) groups is 1. The summed E-state index contributed by atoms with van der Waals surface area (Å²) in [6, 6.07) is 7.24. The monoisotopic (exact) mass is 358 g/mol. The Morgan fingerprint density at radius 3 is 2.64 bits per heavy atom. The van der Waals surface area contributed by atoms with E-state index in [1.165, 1.54) is 40.2 Å². The van der Waals surface area contributed by atoms with E-state index in [-0.39, 0.29) is 17.8 Å². The molecule has 1 amide bonds. The summed E-state index contributed by atoms with van der Waals surface area (Å²) in [6.45, 7) is 3.39. The summed E-state index contributed by atoms with van der Waals surface area (Å²) in [7, 11) is 0. The van der Waals surface area contributed by atoms with Crippen LogP contribution >= 0.6 is 11.3 Å². The number of nitrogens with zero attached hydrogens (tertiary/aromatic N) is 3. The molecule has 0 aliphatic heterocycles. The first-order valence-electron chi connectivity index (χ1n) is 7.37. The van der Waals surface area contributed by atoms with Crippen molar-refractivity contribution in [3.63, 3.8) is 0 Å². The van der Waals surface area contributed by atoms with Gasteiger partial charge in [-0.15, -0.1) is 11.3 Å². The number of amides is 1.